The average molecular weight is 487 g/mol. The molecule has 0 saturated heterocycles. The van der Waals surface area contributed by atoms with Crippen molar-refractivity contribution in [2.24, 2.45) is 5.73 Å². The second kappa shape index (κ2) is 8.94. The minimum atomic E-state index is -0.526. The van der Waals surface area contributed by atoms with E-state index in [4.69, 9.17) is 15.2 Å². The second-order valence-corrected chi connectivity index (χ2v) is 11.2. The van der Waals surface area contributed by atoms with Gasteiger partial charge in [-0.05, 0) is 58.7 Å². The SMILES string of the molecule is CCOc1ccc(-c2[nH]nc3c2[C@@H](c2cc(C(C)(C)C)c(O)c(C(C)(C)C)c2)C(C#N)=C(N)O3)cc1. The summed E-state index contributed by atoms with van der Waals surface area (Å²) in [5.74, 6) is 0.889. The normalized spacial score (nSPS) is 15.8. The van der Waals surface area contributed by atoms with E-state index in [0.717, 1.165) is 39.3 Å². The first-order valence-corrected chi connectivity index (χ1v) is 12.1. The molecule has 0 fully saturated rings. The Labute approximate surface area is 212 Å². The van der Waals surface area contributed by atoms with Crippen molar-refractivity contribution >= 4 is 0 Å². The maximum Gasteiger partial charge on any atom is 0.244 e. The van der Waals surface area contributed by atoms with Gasteiger partial charge in [0.25, 0.3) is 0 Å². The fourth-order valence-corrected chi connectivity index (χ4v) is 4.65. The van der Waals surface area contributed by atoms with Crippen molar-refractivity contribution in [1.82, 2.24) is 10.2 Å². The molecule has 0 saturated carbocycles. The fraction of sp³-hybridized carbons (Fsp3) is 0.379. The maximum atomic E-state index is 11.3. The quantitative estimate of drug-likeness (QED) is 0.417. The molecule has 0 aliphatic carbocycles. The van der Waals surface area contributed by atoms with Crippen LogP contribution in [0.3, 0.4) is 0 Å². The van der Waals surface area contributed by atoms with Gasteiger partial charge in [-0.2, -0.15) is 5.26 Å². The molecule has 1 atom stereocenters. The van der Waals surface area contributed by atoms with Crippen molar-refractivity contribution in [2.45, 2.75) is 65.2 Å². The number of rotatable bonds is 4. The van der Waals surface area contributed by atoms with E-state index in [9.17, 15) is 10.4 Å². The smallest absolute Gasteiger partial charge is 0.244 e. The van der Waals surface area contributed by atoms with E-state index < -0.39 is 5.92 Å². The molecule has 7 nitrogen and oxygen atoms in total. The van der Waals surface area contributed by atoms with Crippen molar-refractivity contribution in [3.05, 3.63) is 70.1 Å². The summed E-state index contributed by atoms with van der Waals surface area (Å²) in [6, 6.07) is 13.9. The number of ether oxygens (including phenoxy) is 2. The van der Waals surface area contributed by atoms with E-state index in [2.05, 4.69) is 57.8 Å². The van der Waals surface area contributed by atoms with Gasteiger partial charge in [0.05, 0.1) is 23.8 Å². The first kappa shape index (κ1) is 25.2. The predicted octanol–water partition coefficient (Wildman–Crippen LogP) is 5.99. The van der Waals surface area contributed by atoms with Crippen LogP contribution < -0.4 is 15.2 Å². The Morgan fingerprint density at radius 2 is 1.67 bits per heavy atom. The number of benzene rings is 2. The van der Waals surface area contributed by atoms with Crippen LogP contribution in [0.4, 0.5) is 0 Å². The number of phenols is 1. The van der Waals surface area contributed by atoms with Crippen LogP contribution in [0.15, 0.2) is 47.9 Å². The number of hydrogen-bond donors (Lipinski definition) is 3. The van der Waals surface area contributed by atoms with Crippen LogP contribution in [-0.2, 0) is 10.8 Å². The van der Waals surface area contributed by atoms with Crippen LogP contribution in [0.2, 0.25) is 0 Å². The van der Waals surface area contributed by atoms with E-state index >= 15 is 0 Å². The van der Waals surface area contributed by atoms with E-state index in [1.807, 2.05) is 43.3 Å². The van der Waals surface area contributed by atoms with Gasteiger partial charge >= 0.3 is 0 Å². The molecule has 0 radical (unpaired) electrons. The lowest BCUT2D eigenvalue weighted by molar-refractivity contribution is 0.340. The standard InChI is InChI=1S/C29H34N4O3/c1-8-35-18-11-9-16(10-12-18)24-23-22(19(15-30)26(31)36-27(23)33-32-24)17-13-20(28(2,3)4)25(34)21(14-17)29(5,6)7/h9-14,22,34H,8,31H2,1-7H3,(H,32,33)/t22-/m0/s1. The molecule has 7 heteroatoms. The molecule has 2 aromatic carbocycles. The third-order valence-corrected chi connectivity index (χ3v) is 6.47. The van der Waals surface area contributed by atoms with Crippen molar-refractivity contribution in [2.75, 3.05) is 6.61 Å². The Bertz CT molecular complexity index is 1330. The Morgan fingerprint density at radius 1 is 1.08 bits per heavy atom. The zero-order chi connectivity index (χ0) is 26.4. The lowest BCUT2D eigenvalue weighted by Crippen LogP contribution is -2.23. The van der Waals surface area contributed by atoms with Crippen molar-refractivity contribution in [3.8, 4) is 34.7 Å². The number of nitriles is 1. The average Bonchev–Trinajstić information content (AvgIpc) is 3.21. The van der Waals surface area contributed by atoms with Gasteiger partial charge < -0.3 is 20.3 Å². The highest BCUT2D eigenvalue weighted by Gasteiger charge is 2.37. The van der Waals surface area contributed by atoms with Crippen LogP contribution in [-0.4, -0.2) is 21.9 Å². The van der Waals surface area contributed by atoms with E-state index in [1.165, 1.54) is 0 Å². The van der Waals surface area contributed by atoms with Gasteiger partial charge in [0, 0.05) is 5.56 Å². The fourth-order valence-electron chi connectivity index (χ4n) is 4.65. The number of nitrogens with zero attached hydrogens (tertiary/aromatic N) is 2. The molecule has 0 amide bonds. The maximum absolute atomic E-state index is 11.3. The molecule has 2 heterocycles. The molecule has 36 heavy (non-hydrogen) atoms. The number of hydrogen-bond acceptors (Lipinski definition) is 6. The summed E-state index contributed by atoms with van der Waals surface area (Å²) < 4.78 is 11.4. The monoisotopic (exact) mass is 486 g/mol. The number of nitrogens with two attached hydrogens (primary N) is 1. The van der Waals surface area contributed by atoms with Gasteiger partial charge in [0.15, 0.2) is 0 Å². The Kier molecular flexibility index (Phi) is 6.25. The van der Waals surface area contributed by atoms with Crippen molar-refractivity contribution in [1.29, 1.82) is 5.26 Å². The molecule has 0 unspecified atom stereocenters. The number of fused-ring (bicyclic) bond motifs is 1. The molecular formula is C29H34N4O3. The molecule has 1 aliphatic rings. The molecular weight excluding hydrogens is 452 g/mol. The molecule has 4 rings (SSSR count). The summed E-state index contributed by atoms with van der Waals surface area (Å²) in [5.41, 5.74) is 10.7. The highest BCUT2D eigenvalue weighted by atomic mass is 16.5. The van der Waals surface area contributed by atoms with Gasteiger partial charge in [-0.1, -0.05) is 53.7 Å². The first-order chi connectivity index (χ1) is 16.9. The summed E-state index contributed by atoms with van der Waals surface area (Å²) in [7, 11) is 0. The minimum absolute atomic E-state index is 0.0300. The Morgan fingerprint density at radius 3 is 2.17 bits per heavy atom. The van der Waals surface area contributed by atoms with Gasteiger partial charge in [-0.3, -0.25) is 5.10 Å². The van der Waals surface area contributed by atoms with E-state index in [0.29, 0.717) is 18.1 Å². The number of aromatic nitrogens is 2. The van der Waals surface area contributed by atoms with Gasteiger partial charge in [-0.15, -0.1) is 5.10 Å². The second-order valence-electron chi connectivity index (χ2n) is 11.2. The molecule has 1 aromatic heterocycles. The van der Waals surface area contributed by atoms with E-state index in [1.54, 1.807) is 0 Å². The summed E-state index contributed by atoms with van der Waals surface area (Å²) in [5, 5.41) is 28.9. The molecule has 3 aromatic rings. The minimum Gasteiger partial charge on any atom is -0.507 e. The van der Waals surface area contributed by atoms with Crippen molar-refractivity contribution in [3.63, 3.8) is 0 Å². The molecule has 0 bridgehead atoms. The lowest BCUT2D eigenvalue weighted by Gasteiger charge is -2.31. The zero-order valence-corrected chi connectivity index (χ0v) is 22.0. The highest BCUT2D eigenvalue weighted by molar-refractivity contribution is 5.72. The zero-order valence-electron chi connectivity index (χ0n) is 22.0. The molecule has 188 valence electrons. The van der Waals surface area contributed by atoms with Crippen LogP contribution in [0, 0.1) is 11.3 Å². The summed E-state index contributed by atoms with van der Waals surface area (Å²) in [6.07, 6.45) is 0. The van der Waals surface area contributed by atoms with Gasteiger partial charge in [0.2, 0.25) is 11.8 Å². The lowest BCUT2D eigenvalue weighted by atomic mass is 9.74. The molecule has 1 aliphatic heterocycles. The van der Waals surface area contributed by atoms with Gasteiger partial charge in [0.1, 0.15) is 23.1 Å². The first-order valence-electron chi connectivity index (χ1n) is 12.1. The van der Waals surface area contributed by atoms with Crippen LogP contribution >= 0.6 is 0 Å². The molecule has 0 spiro atoms. The summed E-state index contributed by atoms with van der Waals surface area (Å²) in [6.45, 7) is 14.9. The number of aromatic amines is 1. The molecule has 4 N–H and O–H groups in total. The van der Waals surface area contributed by atoms with Gasteiger partial charge in [-0.25, -0.2) is 0 Å². The van der Waals surface area contributed by atoms with Crippen LogP contribution in [0.1, 0.15) is 76.6 Å². The summed E-state index contributed by atoms with van der Waals surface area (Å²) >= 11 is 0. The third kappa shape index (κ3) is 4.39. The topological polar surface area (TPSA) is 117 Å². The predicted molar refractivity (Wildman–Crippen MR) is 140 cm³/mol. The number of phenolic OH excluding ortho intramolecular Hbond substituents is 1. The number of aromatic hydroxyl groups is 1. The largest absolute Gasteiger partial charge is 0.507 e. The summed E-state index contributed by atoms with van der Waals surface area (Å²) in [4.78, 5) is 0. The highest BCUT2D eigenvalue weighted by Crippen LogP contribution is 2.49. The Hall–Kier alpha value is -3.92. The third-order valence-electron chi connectivity index (χ3n) is 6.47. The number of H-pyrrole nitrogens is 1. The Balaban J connectivity index is 1.99. The van der Waals surface area contributed by atoms with Crippen LogP contribution in [0.5, 0.6) is 17.4 Å². The van der Waals surface area contributed by atoms with Crippen molar-refractivity contribution < 1.29 is 14.6 Å². The number of nitrogens with one attached hydrogen (secondary N) is 1. The van der Waals surface area contributed by atoms with Crippen LogP contribution in [0.25, 0.3) is 11.3 Å². The number of allylic oxidation sites excluding steroid dienone is 1. The van der Waals surface area contributed by atoms with E-state index in [-0.39, 0.29) is 22.5 Å².